The summed E-state index contributed by atoms with van der Waals surface area (Å²) in [5.41, 5.74) is 3.50. The molecule has 1 aliphatic rings. The highest BCUT2D eigenvalue weighted by Crippen LogP contribution is 2.35. The van der Waals surface area contributed by atoms with Gasteiger partial charge in [0, 0.05) is 37.6 Å². The minimum Gasteiger partial charge on any atom is -0.398 e. The van der Waals surface area contributed by atoms with Gasteiger partial charge in [0.25, 0.3) is 0 Å². The molecule has 1 fully saturated rings. The summed E-state index contributed by atoms with van der Waals surface area (Å²) < 4.78 is 56.2. The Morgan fingerprint density at radius 3 is 2.59 bits per heavy atom. The van der Waals surface area contributed by atoms with Gasteiger partial charge in [0.05, 0.1) is 22.8 Å². The Bertz CT molecular complexity index is 1880. The number of carbonyl (C=O) groups excluding carboxylic acids is 1. The van der Waals surface area contributed by atoms with E-state index in [1.165, 1.54) is 24.4 Å². The number of primary sulfonamides is 1. The number of hydrogen-bond acceptors (Lipinski definition) is 9. The largest absolute Gasteiger partial charge is 0.398 e. The lowest BCUT2D eigenvalue weighted by atomic mass is 10.1. The van der Waals surface area contributed by atoms with Crippen LogP contribution in [0.2, 0.25) is 0 Å². The number of anilines is 2. The summed E-state index contributed by atoms with van der Waals surface area (Å²) in [6.45, 7) is 6.05. The molecule has 0 aliphatic carbocycles. The first-order valence-corrected chi connectivity index (χ1v) is 13.8. The Hall–Kier alpha value is -4.76. The number of carbonyl (C=O) groups is 1. The van der Waals surface area contributed by atoms with Gasteiger partial charge in [0.1, 0.15) is 22.2 Å². The number of nitrogens with two attached hydrogens (primary N) is 2. The summed E-state index contributed by atoms with van der Waals surface area (Å²) in [7, 11) is -4.37. The molecule has 5 rings (SSSR count). The number of rotatable bonds is 5. The summed E-state index contributed by atoms with van der Waals surface area (Å²) in [5, 5.41) is 5.42. The van der Waals surface area contributed by atoms with Crippen molar-refractivity contribution in [1.29, 1.82) is 0 Å². The Balaban J connectivity index is 1.83. The minimum atomic E-state index is -4.37. The Morgan fingerprint density at radius 1 is 1.17 bits per heavy atom. The lowest BCUT2D eigenvalue weighted by Gasteiger charge is -2.40. The SMILES string of the molecule is C=CC(=O)N1CCN(c2nc(=O)n(-c3cnccc3S(N)(=O)=O)c3nc(-c4c(N)cccc4F)c(F)cc23)[C@@H](C)C1. The monoisotopic (exact) mass is 582 g/mol. The third kappa shape index (κ3) is 4.89. The summed E-state index contributed by atoms with van der Waals surface area (Å²) in [6.07, 6.45) is 3.44. The van der Waals surface area contributed by atoms with Crippen LogP contribution in [0.1, 0.15) is 6.92 Å². The summed E-state index contributed by atoms with van der Waals surface area (Å²) >= 11 is 0. The number of piperazine rings is 1. The minimum absolute atomic E-state index is 0.0142. The summed E-state index contributed by atoms with van der Waals surface area (Å²) in [6, 6.07) is 5.53. The van der Waals surface area contributed by atoms with Gasteiger partial charge in [-0.05, 0) is 37.3 Å². The Morgan fingerprint density at radius 2 is 1.93 bits per heavy atom. The van der Waals surface area contributed by atoms with Crippen LogP contribution in [0.3, 0.4) is 0 Å². The average Bonchev–Trinajstić information content (AvgIpc) is 2.92. The van der Waals surface area contributed by atoms with E-state index in [1.807, 2.05) is 0 Å². The average molecular weight is 583 g/mol. The van der Waals surface area contributed by atoms with Crippen LogP contribution in [0, 0.1) is 11.6 Å². The molecule has 3 aromatic heterocycles. The molecule has 1 aliphatic heterocycles. The molecule has 1 saturated heterocycles. The fourth-order valence-electron chi connectivity index (χ4n) is 4.89. The predicted molar refractivity (Wildman–Crippen MR) is 148 cm³/mol. The first-order chi connectivity index (χ1) is 19.4. The van der Waals surface area contributed by atoms with E-state index in [2.05, 4.69) is 21.5 Å². The number of fused-ring (bicyclic) bond motifs is 1. The second kappa shape index (κ2) is 10.3. The number of aromatic nitrogens is 4. The summed E-state index contributed by atoms with van der Waals surface area (Å²) in [4.78, 5) is 41.0. The molecule has 4 N–H and O–H groups in total. The molecule has 1 aromatic carbocycles. The molecule has 41 heavy (non-hydrogen) atoms. The quantitative estimate of drug-likeness (QED) is 0.262. The second-order valence-corrected chi connectivity index (χ2v) is 10.9. The third-order valence-electron chi connectivity index (χ3n) is 6.78. The van der Waals surface area contributed by atoms with Crippen molar-refractivity contribution in [1.82, 2.24) is 24.4 Å². The Labute approximate surface area is 232 Å². The van der Waals surface area contributed by atoms with Crippen molar-refractivity contribution in [2.75, 3.05) is 30.3 Å². The molecular weight excluding hydrogens is 558 g/mol. The van der Waals surface area contributed by atoms with Crippen molar-refractivity contribution in [3.8, 4) is 16.9 Å². The number of halogens is 2. The van der Waals surface area contributed by atoms with Crippen LogP contribution in [-0.4, -0.2) is 64.4 Å². The zero-order valence-electron chi connectivity index (χ0n) is 21.7. The van der Waals surface area contributed by atoms with Crippen molar-refractivity contribution in [3.05, 3.63) is 77.5 Å². The van der Waals surface area contributed by atoms with E-state index < -0.39 is 37.9 Å². The van der Waals surface area contributed by atoms with E-state index in [1.54, 1.807) is 16.7 Å². The Kier molecular flexibility index (Phi) is 7.00. The maximum Gasteiger partial charge on any atom is 0.355 e. The maximum absolute atomic E-state index is 15.7. The smallest absolute Gasteiger partial charge is 0.355 e. The molecular formula is C26H24F2N8O4S. The third-order valence-corrected chi connectivity index (χ3v) is 7.74. The molecule has 12 nitrogen and oxygen atoms in total. The van der Waals surface area contributed by atoms with Crippen LogP contribution >= 0.6 is 0 Å². The standard InChI is InChI=1S/C26H24F2N8O4S/c1-3-21(37)34-9-10-35(14(2)13-34)24-15-11-17(28)23(22-16(27)5-4-6-18(22)29)32-25(15)36(26(38)33-24)19-12-31-8-7-20(19)41(30,39)40/h3-8,11-12,14H,1,9-10,13,29H2,2H3,(H2,30,39,40)/t14-/m0/s1. The van der Waals surface area contributed by atoms with E-state index >= 15 is 4.39 Å². The molecule has 1 amide bonds. The lowest BCUT2D eigenvalue weighted by molar-refractivity contribution is -0.126. The molecule has 0 radical (unpaired) electrons. The van der Waals surface area contributed by atoms with Crippen molar-refractivity contribution >= 4 is 38.5 Å². The molecule has 4 aromatic rings. The van der Waals surface area contributed by atoms with E-state index in [-0.39, 0.29) is 65.4 Å². The van der Waals surface area contributed by atoms with Crippen LogP contribution in [0.25, 0.3) is 28.0 Å². The van der Waals surface area contributed by atoms with Gasteiger partial charge in [-0.1, -0.05) is 12.6 Å². The van der Waals surface area contributed by atoms with Crippen molar-refractivity contribution in [2.45, 2.75) is 17.9 Å². The van der Waals surface area contributed by atoms with Gasteiger partial charge in [-0.15, -0.1) is 0 Å². The zero-order chi connectivity index (χ0) is 29.6. The number of nitrogen functional groups attached to an aromatic ring is 1. The first-order valence-electron chi connectivity index (χ1n) is 12.2. The molecule has 0 spiro atoms. The fourth-order valence-corrected chi connectivity index (χ4v) is 5.58. The van der Waals surface area contributed by atoms with Crippen LogP contribution < -0.4 is 21.5 Å². The maximum atomic E-state index is 15.7. The van der Waals surface area contributed by atoms with Gasteiger partial charge in [0.15, 0.2) is 11.5 Å². The number of benzene rings is 1. The van der Waals surface area contributed by atoms with Gasteiger partial charge in [-0.3, -0.25) is 9.78 Å². The van der Waals surface area contributed by atoms with E-state index in [0.717, 1.165) is 29.0 Å². The normalized spacial score (nSPS) is 15.8. The molecule has 4 heterocycles. The number of amides is 1. The fraction of sp³-hybridized carbons (Fsp3) is 0.192. The molecule has 0 unspecified atom stereocenters. The van der Waals surface area contributed by atoms with Gasteiger partial charge in [0.2, 0.25) is 15.9 Å². The van der Waals surface area contributed by atoms with E-state index in [4.69, 9.17) is 10.9 Å². The molecule has 0 saturated carbocycles. The van der Waals surface area contributed by atoms with Crippen molar-refractivity contribution in [3.63, 3.8) is 0 Å². The molecule has 0 bridgehead atoms. The highest BCUT2D eigenvalue weighted by atomic mass is 32.2. The van der Waals surface area contributed by atoms with E-state index in [9.17, 15) is 22.4 Å². The van der Waals surface area contributed by atoms with Crippen LogP contribution in [-0.2, 0) is 14.8 Å². The predicted octanol–water partition coefficient (Wildman–Crippen LogP) is 1.57. The van der Waals surface area contributed by atoms with Gasteiger partial charge >= 0.3 is 5.69 Å². The first kappa shape index (κ1) is 27.8. The van der Waals surface area contributed by atoms with Crippen LogP contribution in [0.15, 0.2) is 65.1 Å². The number of sulfonamides is 1. The van der Waals surface area contributed by atoms with Gasteiger partial charge in [-0.2, -0.15) is 4.98 Å². The second-order valence-electron chi connectivity index (χ2n) is 9.37. The van der Waals surface area contributed by atoms with Gasteiger partial charge in [-0.25, -0.2) is 36.7 Å². The highest BCUT2D eigenvalue weighted by molar-refractivity contribution is 7.89. The van der Waals surface area contributed by atoms with E-state index in [0.29, 0.717) is 0 Å². The van der Waals surface area contributed by atoms with Crippen molar-refractivity contribution in [2.24, 2.45) is 5.14 Å². The summed E-state index contributed by atoms with van der Waals surface area (Å²) in [5.74, 6) is -2.05. The number of nitrogens with zero attached hydrogens (tertiary/aromatic N) is 6. The van der Waals surface area contributed by atoms with Gasteiger partial charge < -0.3 is 15.5 Å². The van der Waals surface area contributed by atoms with Crippen molar-refractivity contribution < 1.29 is 22.0 Å². The topological polar surface area (TPSA) is 170 Å². The lowest BCUT2D eigenvalue weighted by Crippen LogP contribution is -2.54. The number of hydrogen-bond donors (Lipinski definition) is 2. The van der Waals surface area contributed by atoms with Crippen LogP contribution in [0.4, 0.5) is 20.3 Å². The number of pyridine rings is 2. The molecule has 1 atom stereocenters. The molecule has 15 heteroatoms. The highest BCUT2D eigenvalue weighted by Gasteiger charge is 2.31. The zero-order valence-corrected chi connectivity index (χ0v) is 22.5. The molecule has 212 valence electrons. The van der Waals surface area contributed by atoms with Crippen LogP contribution in [0.5, 0.6) is 0 Å².